The molecular weight excluding hydrogens is 356 g/mol. The molecule has 0 amide bonds. The number of aromatic nitrogens is 4. The second-order valence-electron chi connectivity index (χ2n) is 7.29. The summed E-state index contributed by atoms with van der Waals surface area (Å²) in [6.45, 7) is 4.63. The van der Waals surface area contributed by atoms with Crippen LogP contribution in [-0.4, -0.2) is 30.9 Å². The van der Waals surface area contributed by atoms with E-state index < -0.39 is 0 Å². The number of hydrazone groups is 1. The number of nitrogens with zero attached hydrogens (tertiary/aromatic N) is 6. The third-order valence-electron chi connectivity index (χ3n) is 5.45. The summed E-state index contributed by atoms with van der Waals surface area (Å²) >= 11 is 0. The Hall–Kier alpha value is -3.16. The Labute approximate surface area is 162 Å². The molecule has 28 heavy (non-hydrogen) atoms. The highest BCUT2D eigenvalue weighted by molar-refractivity contribution is 5.91. The maximum atomic E-state index is 12.8. The Bertz CT molecular complexity index is 1190. The van der Waals surface area contributed by atoms with E-state index in [1.165, 1.54) is 17.2 Å². The van der Waals surface area contributed by atoms with Gasteiger partial charge in [-0.05, 0) is 32.3 Å². The van der Waals surface area contributed by atoms with Crippen molar-refractivity contribution in [3.05, 3.63) is 56.7 Å². The quantitative estimate of drug-likeness (QED) is 0.692. The van der Waals surface area contributed by atoms with E-state index in [2.05, 4.69) is 17.1 Å². The van der Waals surface area contributed by atoms with Crippen molar-refractivity contribution < 1.29 is 0 Å². The Balaban J connectivity index is 1.75. The van der Waals surface area contributed by atoms with Crippen molar-refractivity contribution >= 4 is 22.8 Å². The topological polar surface area (TPSA) is 77.4 Å². The molecule has 2 aromatic heterocycles. The van der Waals surface area contributed by atoms with Gasteiger partial charge < -0.3 is 0 Å². The monoisotopic (exact) mass is 380 g/mol. The molecule has 1 atom stereocenters. The second-order valence-corrected chi connectivity index (χ2v) is 7.29. The SMILES string of the molecule is CC1=NN(CCCc2ccccc2)c2nc3c(c(=O)n(C)c(=O)n3C)n2[C@H]1C. The van der Waals surface area contributed by atoms with Gasteiger partial charge in [-0.15, -0.1) is 0 Å². The molecule has 0 bridgehead atoms. The molecule has 0 spiro atoms. The molecule has 1 aliphatic rings. The third-order valence-corrected chi connectivity index (χ3v) is 5.45. The van der Waals surface area contributed by atoms with E-state index in [1.807, 2.05) is 41.6 Å². The molecule has 0 saturated heterocycles. The van der Waals surface area contributed by atoms with Crippen molar-refractivity contribution in [2.75, 3.05) is 11.6 Å². The number of benzene rings is 1. The predicted octanol–water partition coefficient (Wildman–Crippen LogP) is 1.82. The van der Waals surface area contributed by atoms with Crippen LogP contribution in [0.5, 0.6) is 0 Å². The number of imidazole rings is 1. The molecule has 4 rings (SSSR count). The predicted molar refractivity (Wildman–Crippen MR) is 110 cm³/mol. The maximum absolute atomic E-state index is 12.8. The van der Waals surface area contributed by atoms with Gasteiger partial charge in [-0.1, -0.05) is 30.3 Å². The lowest BCUT2D eigenvalue weighted by Crippen LogP contribution is -2.38. The number of hydrogen-bond acceptors (Lipinski definition) is 5. The van der Waals surface area contributed by atoms with Crippen LogP contribution >= 0.6 is 0 Å². The summed E-state index contributed by atoms with van der Waals surface area (Å²) in [5, 5.41) is 6.56. The molecule has 0 saturated carbocycles. The van der Waals surface area contributed by atoms with E-state index in [9.17, 15) is 9.59 Å². The first-order chi connectivity index (χ1) is 13.4. The van der Waals surface area contributed by atoms with Crippen molar-refractivity contribution in [2.45, 2.75) is 32.7 Å². The van der Waals surface area contributed by atoms with Gasteiger partial charge in [0, 0.05) is 20.6 Å². The molecule has 146 valence electrons. The first kappa shape index (κ1) is 18.2. The first-order valence-electron chi connectivity index (χ1n) is 9.44. The molecule has 1 aliphatic heterocycles. The minimum absolute atomic E-state index is 0.101. The highest BCUT2D eigenvalue weighted by atomic mass is 16.2. The van der Waals surface area contributed by atoms with E-state index in [-0.39, 0.29) is 17.3 Å². The Morgan fingerprint density at radius 1 is 1.07 bits per heavy atom. The average molecular weight is 380 g/mol. The summed E-state index contributed by atoms with van der Waals surface area (Å²) < 4.78 is 4.46. The lowest BCUT2D eigenvalue weighted by Gasteiger charge is -2.29. The molecule has 3 aromatic rings. The molecule has 8 heteroatoms. The van der Waals surface area contributed by atoms with Crippen LogP contribution in [0.25, 0.3) is 11.2 Å². The van der Waals surface area contributed by atoms with Crippen molar-refractivity contribution in [3.63, 3.8) is 0 Å². The number of aryl methyl sites for hydroxylation is 2. The van der Waals surface area contributed by atoms with Crippen molar-refractivity contribution in [3.8, 4) is 0 Å². The Morgan fingerprint density at radius 3 is 2.50 bits per heavy atom. The van der Waals surface area contributed by atoms with E-state index in [1.54, 1.807) is 7.05 Å². The number of hydrogen-bond donors (Lipinski definition) is 0. The summed E-state index contributed by atoms with van der Waals surface area (Å²) in [5.41, 5.74) is 2.31. The smallest absolute Gasteiger partial charge is 0.294 e. The molecule has 0 fully saturated rings. The van der Waals surface area contributed by atoms with Gasteiger partial charge in [0.2, 0.25) is 5.95 Å². The molecule has 1 aromatic carbocycles. The molecule has 0 aliphatic carbocycles. The molecular formula is C20H24N6O2. The molecule has 0 N–H and O–H groups in total. The van der Waals surface area contributed by atoms with Gasteiger partial charge in [-0.25, -0.2) is 9.80 Å². The van der Waals surface area contributed by atoms with Crippen LogP contribution < -0.4 is 16.3 Å². The van der Waals surface area contributed by atoms with Gasteiger partial charge >= 0.3 is 5.69 Å². The molecule has 3 heterocycles. The van der Waals surface area contributed by atoms with Gasteiger partial charge in [0.1, 0.15) is 0 Å². The van der Waals surface area contributed by atoms with Gasteiger partial charge in [0.15, 0.2) is 11.2 Å². The fourth-order valence-electron chi connectivity index (χ4n) is 3.69. The average Bonchev–Trinajstić information content (AvgIpc) is 3.10. The van der Waals surface area contributed by atoms with E-state index in [0.29, 0.717) is 23.7 Å². The number of rotatable bonds is 4. The third kappa shape index (κ3) is 2.76. The molecule has 0 radical (unpaired) electrons. The van der Waals surface area contributed by atoms with Crippen LogP contribution in [0.1, 0.15) is 31.9 Å². The zero-order valence-corrected chi connectivity index (χ0v) is 16.6. The summed E-state index contributed by atoms with van der Waals surface area (Å²) in [6, 6.07) is 10.2. The second kappa shape index (κ2) is 6.78. The minimum atomic E-state index is -0.381. The summed E-state index contributed by atoms with van der Waals surface area (Å²) in [5.74, 6) is 0.611. The molecule has 0 unspecified atom stereocenters. The number of anilines is 1. The van der Waals surface area contributed by atoms with Gasteiger partial charge in [-0.2, -0.15) is 10.1 Å². The number of fused-ring (bicyclic) bond motifs is 3. The van der Waals surface area contributed by atoms with Crippen LogP contribution in [0.2, 0.25) is 0 Å². The Morgan fingerprint density at radius 2 is 1.79 bits per heavy atom. The van der Waals surface area contributed by atoms with Crippen LogP contribution in [-0.2, 0) is 20.5 Å². The highest BCUT2D eigenvalue weighted by Gasteiger charge is 2.30. The Kier molecular flexibility index (Phi) is 4.41. The fourth-order valence-corrected chi connectivity index (χ4v) is 3.69. The molecule has 8 nitrogen and oxygen atoms in total. The normalized spacial score (nSPS) is 16.4. The van der Waals surface area contributed by atoms with Gasteiger partial charge in [0.05, 0.1) is 11.8 Å². The van der Waals surface area contributed by atoms with Crippen LogP contribution in [0.4, 0.5) is 5.95 Å². The largest absolute Gasteiger partial charge is 0.332 e. The van der Waals surface area contributed by atoms with Gasteiger partial charge in [-0.3, -0.25) is 18.5 Å². The van der Waals surface area contributed by atoms with Crippen molar-refractivity contribution in [1.82, 2.24) is 18.7 Å². The van der Waals surface area contributed by atoms with Crippen molar-refractivity contribution in [2.24, 2.45) is 19.2 Å². The zero-order valence-electron chi connectivity index (χ0n) is 16.6. The van der Waals surface area contributed by atoms with Crippen LogP contribution in [0.3, 0.4) is 0 Å². The minimum Gasteiger partial charge on any atom is -0.294 e. The van der Waals surface area contributed by atoms with E-state index in [0.717, 1.165) is 23.1 Å². The fraction of sp³-hybridized carbons (Fsp3) is 0.400. The maximum Gasteiger partial charge on any atom is 0.332 e. The zero-order chi connectivity index (χ0) is 20.0. The van der Waals surface area contributed by atoms with Crippen LogP contribution in [0, 0.1) is 0 Å². The standard InChI is InChI=1S/C20H24N6O2/c1-13-14(2)26-16-17(23(3)20(28)24(4)18(16)27)21-19(26)25(22-13)12-8-11-15-9-6-5-7-10-15/h5-7,9-10,14H,8,11-12H2,1-4H3/t14-/m0/s1. The first-order valence-corrected chi connectivity index (χ1v) is 9.44. The lowest BCUT2D eigenvalue weighted by molar-refractivity contribution is 0.623. The summed E-state index contributed by atoms with van der Waals surface area (Å²) in [7, 11) is 3.14. The highest BCUT2D eigenvalue weighted by Crippen LogP contribution is 2.29. The van der Waals surface area contributed by atoms with E-state index in [4.69, 9.17) is 5.10 Å². The summed E-state index contributed by atoms with van der Waals surface area (Å²) in [4.78, 5) is 29.8. The lowest BCUT2D eigenvalue weighted by atomic mass is 10.1. The van der Waals surface area contributed by atoms with Gasteiger partial charge in [0.25, 0.3) is 5.56 Å². The van der Waals surface area contributed by atoms with E-state index >= 15 is 0 Å². The summed E-state index contributed by atoms with van der Waals surface area (Å²) in [6.07, 6.45) is 1.83. The van der Waals surface area contributed by atoms with Crippen molar-refractivity contribution in [1.29, 1.82) is 0 Å². The van der Waals surface area contributed by atoms with Crippen LogP contribution in [0.15, 0.2) is 45.0 Å².